The lowest BCUT2D eigenvalue weighted by Crippen LogP contribution is -2.22. The zero-order valence-electron chi connectivity index (χ0n) is 9.30. The molecule has 17 heavy (non-hydrogen) atoms. The van der Waals surface area contributed by atoms with Crippen LogP contribution < -0.4 is 5.56 Å². The smallest absolute Gasteiger partial charge is 0.265 e. The van der Waals surface area contributed by atoms with Crippen LogP contribution >= 0.6 is 23.6 Å². The summed E-state index contributed by atoms with van der Waals surface area (Å²) < 4.78 is 1.32. The molecule has 0 aliphatic carbocycles. The number of rotatable bonds is 2. The molecule has 5 nitrogen and oxygen atoms in total. The predicted octanol–water partition coefficient (Wildman–Crippen LogP) is 1.86. The lowest BCUT2D eigenvalue weighted by atomic mass is 10.4. The van der Waals surface area contributed by atoms with Crippen LogP contribution in [-0.4, -0.2) is 21.1 Å². The molecule has 88 valence electrons. The summed E-state index contributed by atoms with van der Waals surface area (Å²) in [6.45, 7) is 3.62. The van der Waals surface area contributed by atoms with Crippen molar-refractivity contribution in [3.05, 3.63) is 42.7 Å². The highest BCUT2D eigenvalue weighted by molar-refractivity contribution is 7.71. The Morgan fingerprint density at radius 1 is 1.53 bits per heavy atom. The van der Waals surface area contributed by atoms with Gasteiger partial charge in [0.2, 0.25) is 4.77 Å². The second-order valence-corrected chi connectivity index (χ2v) is 5.13. The summed E-state index contributed by atoms with van der Waals surface area (Å²) >= 11 is 6.55. The molecular formula is C10H10N4OS2. The van der Waals surface area contributed by atoms with Crippen molar-refractivity contribution in [1.82, 2.24) is 14.9 Å². The lowest BCUT2D eigenvalue weighted by molar-refractivity contribution is 0.720. The average molecular weight is 266 g/mol. The quantitative estimate of drug-likeness (QED) is 0.666. The normalized spacial score (nSPS) is 11.2. The monoisotopic (exact) mass is 266 g/mol. The van der Waals surface area contributed by atoms with Crippen molar-refractivity contribution in [3.63, 3.8) is 0 Å². The zero-order valence-corrected chi connectivity index (χ0v) is 10.9. The van der Waals surface area contributed by atoms with Gasteiger partial charge in [0.25, 0.3) is 5.56 Å². The molecule has 0 fully saturated rings. The van der Waals surface area contributed by atoms with Gasteiger partial charge in [-0.3, -0.25) is 9.89 Å². The van der Waals surface area contributed by atoms with Crippen molar-refractivity contribution in [3.8, 4) is 0 Å². The molecule has 1 N–H and O–H groups in total. The van der Waals surface area contributed by atoms with Gasteiger partial charge in [-0.25, -0.2) is 0 Å². The first kappa shape index (κ1) is 11.9. The molecule has 2 aromatic rings. The maximum atomic E-state index is 11.7. The first-order chi connectivity index (χ1) is 8.08. The Hall–Kier alpha value is -1.60. The van der Waals surface area contributed by atoms with Crippen molar-refractivity contribution in [1.29, 1.82) is 0 Å². The van der Waals surface area contributed by atoms with E-state index in [4.69, 9.17) is 12.2 Å². The molecule has 0 saturated heterocycles. The number of thiophene rings is 1. The van der Waals surface area contributed by atoms with Gasteiger partial charge in [0.15, 0.2) is 0 Å². The highest BCUT2D eigenvalue weighted by atomic mass is 32.1. The topological polar surface area (TPSA) is 63.0 Å². The van der Waals surface area contributed by atoms with Gasteiger partial charge >= 0.3 is 0 Å². The molecule has 0 bridgehead atoms. The van der Waals surface area contributed by atoms with Crippen LogP contribution in [0.2, 0.25) is 0 Å². The number of hydrogen-bond acceptors (Lipinski definition) is 5. The molecule has 0 radical (unpaired) electrons. The summed E-state index contributed by atoms with van der Waals surface area (Å²) in [5, 5.41) is 10.4. The first-order valence-electron chi connectivity index (χ1n) is 4.87. The predicted molar refractivity (Wildman–Crippen MR) is 70.5 cm³/mol. The van der Waals surface area contributed by atoms with E-state index in [2.05, 4.69) is 15.3 Å². The second-order valence-electron chi connectivity index (χ2n) is 3.42. The Balaban J connectivity index is 2.43. The van der Waals surface area contributed by atoms with E-state index >= 15 is 0 Å². The third-order valence-electron chi connectivity index (χ3n) is 2.08. The van der Waals surface area contributed by atoms with Crippen LogP contribution in [0.15, 0.2) is 22.0 Å². The number of aryl methyl sites for hydroxylation is 2. The molecule has 0 amide bonds. The van der Waals surface area contributed by atoms with Gasteiger partial charge in [-0.2, -0.15) is 14.9 Å². The lowest BCUT2D eigenvalue weighted by Gasteiger charge is -1.97. The minimum Gasteiger partial charge on any atom is -0.265 e. The second kappa shape index (κ2) is 4.72. The van der Waals surface area contributed by atoms with Gasteiger partial charge in [-0.1, -0.05) is 0 Å². The van der Waals surface area contributed by atoms with E-state index in [0.29, 0.717) is 5.69 Å². The summed E-state index contributed by atoms with van der Waals surface area (Å²) in [4.78, 5) is 13.9. The fourth-order valence-electron chi connectivity index (χ4n) is 1.21. The first-order valence-corrected chi connectivity index (χ1v) is 6.09. The number of H-pyrrole nitrogens is 1. The largest absolute Gasteiger partial charge is 0.296 e. The van der Waals surface area contributed by atoms with E-state index in [-0.39, 0.29) is 10.3 Å². The van der Waals surface area contributed by atoms with Crippen molar-refractivity contribution < 1.29 is 0 Å². The molecule has 2 rings (SSSR count). The molecule has 0 aliphatic rings. The molecule has 0 spiro atoms. The van der Waals surface area contributed by atoms with E-state index in [0.717, 1.165) is 9.55 Å². The van der Waals surface area contributed by atoms with Gasteiger partial charge in [-0.05, 0) is 38.2 Å². The van der Waals surface area contributed by atoms with Crippen LogP contribution in [-0.2, 0) is 0 Å². The highest BCUT2D eigenvalue weighted by Gasteiger charge is 2.01. The Morgan fingerprint density at radius 2 is 2.29 bits per heavy atom. The Labute approximate surface area is 106 Å². The fourth-order valence-corrected chi connectivity index (χ4v) is 2.13. The summed E-state index contributed by atoms with van der Waals surface area (Å²) in [6.07, 6.45) is 1.61. The maximum absolute atomic E-state index is 11.7. The van der Waals surface area contributed by atoms with E-state index < -0.39 is 0 Å². The summed E-state index contributed by atoms with van der Waals surface area (Å²) in [5.41, 5.74) is 0.0244. The maximum Gasteiger partial charge on any atom is 0.296 e. The molecular weight excluding hydrogens is 256 g/mol. The Kier molecular flexibility index (Phi) is 3.30. The number of hydrogen-bond donors (Lipinski definition) is 1. The molecule has 0 atom stereocenters. The van der Waals surface area contributed by atoms with E-state index in [1.807, 2.05) is 19.1 Å². The minimum atomic E-state index is -0.307. The third-order valence-corrected chi connectivity index (χ3v) is 3.27. The molecule has 0 unspecified atom stereocenters. The number of nitrogens with one attached hydrogen (secondary N) is 1. The molecule has 0 aliphatic heterocycles. The van der Waals surface area contributed by atoms with Gasteiger partial charge < -0.3 is 0 Å². The summed E-state index contributed by atoms with van der Waals surface area (Å²) in [7, 11) is 0. The molecule has 0 saturated carbocycles. The van der Waals surface area contributed by atoms with Crippen molar-refractivity contribution in [2.75, 3.05) is 0 Å². The van der Waals surface area contributed by atoms with Crippen LogP contribution in [0.4, 0.5) is 0 Å². The number of aromatic nitrogens is 3. The molecule has 2 aromatic heterocycles. The zero-order chi connectivity index (χ0) is 12.4. The van der Waals surface area contributed by atoms with E-state index in [1.54, 1.807) is 24.5 Å². The Bertz CT molecular complexity index is 680. The fraction of sp³-hybridized carbons (Fsp3) is 0.200. The molecule has 2 heterocycles. The molecule has 0 aromatic carbocycles. The van der Waals surface area contributed by atoms with Crippen LogP contribution in [0.5, 0.6) is 0 Å². The van der Waals surface area contributed by atoms with Gasteiger partial charge in [0.1, 0.15) is 5.69 Å². The van der Waals surface area contributed by atoms with Crippen molar-refractivity contribution >= 4 is 29.8 Å². The van der Waals surface area contributed by atoms with Crippen LogP contribution in [0.1, 0.15) is 15.4 Å². The standard InChI is InChI=1S/C10H10N4OS2/c1-6-3-4-8(17-6)5-11-14-9(15)7(2)12-13-10(14)16/h3-5H,1-2H3,(H,13,16)/b11-5+. The van der Waals surface area contributed by atoms with Gasteiger partial charge in [0.05, 0.1) is 6.21 Å². The van der Waals surface area contributed by atoms with E-state index in [1.165, 1.54) is 4.88 Å². The summed E-state index contributed by atoms with van der Waals surface area (Å²) in [6, 6.07) is 3.93. The van der Waals surface area contributed by atoms with Crippen molar-refractivity contribution in [2.24, 2.45) is 5.10 Å². The highest BCUT2D eigenvalue weighted by Crippen LogP contribution is 2.12. The van der Waals surface area contributed by atoms with Crippen molar-refractivity contribution in [2.45, 2.75) is 13.8 Å². The van der Waals surface area contributed by atoms with Gasteiger partial charge in [0, 0.05) is 9.75 Å². The minimum absolute atomic E-state index is 0.185. The van der Waals surface area contributed by atoms with Crippen LogP contribution in [0.3, 0.4) is 0 Å². The van der Waals surface area contributed by atoms with E-state index in [9.17, 15) is 4.79 Å². The SMILES string of the molecule is Cc1ccc(/C=N/n2c(=S)[nH]nc(C)c2=O)s1. The average Bonchev–Trinajstić information content (AvgIpc) is 2.70. The number of nitrogens with zero attached hydrogens (tertiary/aromatic N) is 3. The Morgan fingerprint density at radius 3 is 2.94 bits per heavy atom. The van der Waals surface area contributed by atoms with Gasteiger partial charge in [-0.15, -0.1) is 11.3 Å². The summed E-state index contributed by atoms with van der Waals surface area (Å²) in [5.74, 6) is 0. The van der Waals surface area contributed by atoms with Crippen LogP contribution in [0, 0.1) is 18.6 Å². The van der Waals surface area contributed by atoms with Crippen LogP contribution in [0.25, 0.3) is 0 Å². The third kappa shape index (κ3) is 2.56. The molecule has 7 heteroatoms. The number of aromatic amines is 1.